The Hall–Kier alpha value is -7.56. The summed E-state index contributed by atoms with van der Waals surface area (Å²) in [6.07, 6.45) is 0. The monoisotopic (exact) mass is 745 g/mol. The largest absolute Gasteiger partial charge is 0.310 e. The maximum Gasteiger partial charge on any atom is 0.252 e. The van der Waals surface area contributed by atoms with E-state index in [1.165, 1.54) is 127 Å². The van der Waals surface area contributed by atoms with Gasteiger partial charge in [0.1, 0.15) is 0 Å². The lowest BCUT2D eigenvalue weighted by Gasteiger charge is -2.33. The van der Waals surface area contributed by atoms with Crippen LogP contribution in [0.25, 0.3) is 93.6 Å². The number of benzene rings is 9. The first-order chi connectivity index (χ1) is 29.3. The molecule has 0 radical (unpaired) electrons. The molecule has 1 atom stereocenters. The molecule has 3 nitrogen and oxygen atoms in total. The van der Waals surface area contributed by atoms with Gasteiger partial charge in [0.25, 0.3) is 6.71 Å². The predicted molar refractivity (Wildman–Crippen MR) is 247 cm³/mol. The molecule has 0 amide bonds. The van der Waals surface area contributed by atoms with E-state index in [-0.39, 0.29) is 12.6 Å². The third kappa shape index (κ3) is 3.60. The van der Waals surface area contributed by atoms with Crippen LogP contribution in [0.4, 0.5) is 0 Å². The number of para-hydroxylation sites is 4. The number of hydrogen-bond acceptors (Lipinski definition) is 0. The smallest absolute Gasteiger partial charge is 0.252 e. The van der Waals surface area contributed by atoms with Crippen LogP contribution < -0.4 is 16.4 Å². The highest BCUT2D eigenvalue weighted by Crippen LogP contribution is 2.53. The van der Waals surface area contributed by atoms with Crippen LogP contribution in [-0.4, -0.2) is 20.4 Å². The molecule has 2 aliphatic heterocycles. The Kier molecular flexibility index (Phi) is 5.53. The molecule has 1 unspecified atom stereocenters. The number of aromatic nitrogens is 3. The van der Waals surface area contributed by atoms with E-state index in [0.717, 1.165) is 0 Å². The van der Waals surface area contributed by atoms with Crippen LogP contribution >= 0.6 is 0 Å². The molecular weight excluding hydrogens is 713 g/mol. The lowest BCUT2D eigenvalue weighted by Crippen LogP contribution is -2.59. The second-order valence-electron chi connectivity index (χ2n) is 16.7. The zero-order chi connectivity index (χ0) is 38.1. The Morgan fingerprint density at radius 3 is 1.81 bits per heavy atom. The Morgan fingerprint density at radius 2 is 0.983 bits per heavy atom. The van der Waals surface area contributed by atoms with Gasteiger partial charge in [-0.1, -0.05) is 146 Å². The van der Waals surface area contributed by atoms with Gasteiger partial charge in [0, 0.05) is 66.3 Å². The van der Waals surface area contributed by atoms with Crippen molar-refractivity contribution in [2.75, 3.05) is 0 Å². The fourth-order valence-corrected chi connectivity index (χ4v) is 11.9. The van der Waals surface area contributed by atoms with Gasteiger partial charge in [-0.05, 0) is 86.7 Å². The van der Waals surface area contributed by atoms with Crippen LogP contribution in [0.15, 0.2) is 188 Å². The van der Waals surface area contributed by atoms with E-state index in [0.29, 0.717) is 0 Å². The van der Waals surface area contributed by atoms with Crippen molar-refractivity contribution in [2.24, 2.45) is 0 Å². The molecule has 0 saturated carbocycles. The molecular formula is C55H32BN3. The lowest BCUT2D eigenvalue weighted by molar-refractivity contribution is 1.01. The first-order valence-electron chi connectivity index (χ1n) is 20.8. The normalized spacial score (nSPS) is 14.6. The number of rotatable bonds is 2. The van der Waals surface area contributed by atoms with E-state index < -0.39 is 0 Å². The van der Waals surface area contributed by atoms with E-state index >= 15 is 0 Å². The van der Waals surface area contributed by atoms with Crippen LogP contribution in [0, 0.1) is 0 Å². The van der Waals surface area contributed by atoms with Crippen molar-refractivity contribution in [3.05, 3.63) is 205 Å². The van der Waals surface area contributed by atoms with Crippen molar-refractivity contribution in [3.63, 3.8) is 0 Å². The standard InChI is InChI=1S/C55H32BN3/c1-3-14-32(15-4-1)50-36-20-8-7-18-34(36)37-28-29-40-38-21-11-24-44-54(38)59(55(40)51(37)50)47-27-13-26-46-52(47)56(44)43-23-12-22-39-42-30-41-35-19-9-10-25-45(35)57(33-16-5-2-6-17-33)48(41)31-49(42)58(46)53(39)43/h1-31,50H. The number of hydrogen-bond donors (Lipinski definition) is 0. The van der Waals surface area contributed by atoms with Crippen molar-refractivity contribution in [1.82, 2.24) is 13.7 Å². The Bertz CT molecular complexity index is 3850. The molecule has 0 N–H and O–H groups in total. The second-order valence-corrected chi connectivity index (χ2v) is 16.7. The SMILES string of the molecule is c1ccc(C2c3ccccc3-c3ccc4c5cccc6c5n(c4c32)-c2cccc3c2B6c2cccc4c5cc6c7ccccc7n(-c7ccccc7)c6cc5n-3c24)cc1. The molecule has 3 aliphatic rings. The molecule has 5 heterocycles. The van der Waals surface area contributed by atoms with Crippen LogP contribution in [0.5, 0.6) is 0 Å². The molecule has 15 rings (SSSR count). The zero-order valence-corrected chi connectivity index (χ0v) is 31.9. The van der Waals surface area contributed by atoms with Gasteiger partial charge in [0.05, 0.1) is 22.1 Å². The van der Waals surface area contributed by atoms with Crippen LogP contribution in [0.3, 0.4) is 0 Å². The van der Waals surface area contributed by atoms with E-state index in [4.69, 9.17) is 0 Å². The van der Waals surface area contributed by atoms with Crippen molar-refractivity contribution >= 4 is 88.5 Å². The highest BCUT2D eigenvalue weighted by Gasteiger charge is 2.42. The first kappa shape index (κ1) is 30.6. The minimum atomic E-state index is 0.103. The van der Waals surface area contributed by atoms with E-state index in [1.807, 2.05) is 0 Å². The summed E-state index contributed by atoms with van der Waals surface area (Å²) in [5.41, 5.74) is 22.4. The van der Waals surface area contributed by atoms with Gasteiger partial charge in [-0.15, -0.1) is 0 Å². The van der Waals surface area contributed by atoms with Gasteiger partial charge in [0.2, 0.25) is 0 Å². The van der Waals surface area contributed by atoms with Gasteiger partial charge < -0.3 is 13.7 Å². The maximum absolute atomic E-state index is 2.66. The van der Waals surface area contributed by atoms with Crippen LogP contribution in [0.2, 0.25) is 0 Å². The Balaban J connectivity index is 1.09. The molecule has 270 valence electrons. The number of nitrogens with zero attached hydrogens (tertiary/aromatic N) is 3. The van der Waals surface area contributed by atoms with Crippen molar-refractivity contribution in [3.8, 4) is 28.2 Å². The van der Waals surface area contributed by atoms with Gasteiger partial charge in [-0.3, -0.25) is 0 Å². The van der Waals surface area contributed by atoms with E-state index in [9.17, 15) is 0 Å². The van der Waals surface area contributed by atoms with Gasteiger partial charge in [-0.25, -0.2) is 0 Å². The molecule has 0 fully saturated rings. The average Bonchev–Trinajstić information content (AvgIpc) is 4.02. The minimum Gasteiger partial charge on any atom is -0.310 e. The van der Waals surface area contributed by atoms with Crippen molar-refractivity contribution in [1.29, 1.82) is 0 Å². The molecule has 1 aliphatic carbocycles. The third-order valence-corrected chi connectivity index (χ3v) is 14.1. The average molecular weight is 746 g/mol. The van der Waals surface area contributed by atoms with Gasteiger partial charge in [-0.2, -0.15) is 0 Å². The summed E-state index contributed by atoms with van der Waals surface area (Å²) in [6.45, 7) is 0.103. The molecule has 0 bridgehead atoms. The number of fused-ring (bicyclic) bond motifs is 17. The van der Waals surface area contributed by atoms with Crippen LogP contribution in [-0.2, 0) is 0 Å². The summed E-state index contributed by atoms with van der Waals surface area (Å²) in [4.78, 5) is 0. The zero-order valence-electron chi connectivity index (χ0n) is 31.9. The highest BCUT2D eigenvalue weighted by molar-refractivity contribution is 7.00. The van der Waals surface area contributed by atoms with Crippen LogP contribution in [0.1, 0.15) is 22.6 Å². The van der Waals surface area contributed by atoms with Crippen molar-refractivity contribution < 1.29 is 0 Å². The second kappa shape index (κ2) is 10.7. The molecule has 3 aromatic heterocycles. The van der Waals surface area contributed by atoms with Gasteiger partial charge >= 0.3 is 0 Å². The first-order valence-corrected chi connectivity index (χ1v) is 20.8. The molecule has 4 heteroatoms. The summed E-state index contributed by atoms with van der Waals surface area (Å²) in [5, 5.41) is 7.82. The Morgan fingerprint density at radius 1 is 0.373 bits per heavy atom. The molecule has 0 saturated heterocycles. The third-order valence-electron chi connectivity index (χ3n) is 14.1. The topological polar surface area (TPSA) is 14.8 Å². The van der Waals surface area contributed by atoms with E-state index in [2.05, 4.69) is 202 Å². The molecule has 9 aromatic carbocycles. The quantitative estimate of drug-likeness (QED) is 0.157. The Labute approximate surface area is 339 Å². The lowest BCUT2D eigenvalue weighted by atomic mass is 9.34. The summed E-state index contributed by atoms with van der Waals surface area (Å²) >= 11 is 0. The maximum atomic E-state index is 2.66. The molecule has 12 aromatic rings. The summed E-state index contributed by atoms with van der Waals surface area (Å²) < 4.78 is 7.71. The minimum absolute atomic E-state index is 0.103. The van der Waals surface area contributed by atoms with Crippen molar-refractivity contribution in [2.45, 2.75) is 5.92 Å². The molecule has 0 spiro atoms. The summed E-state index contributed by atoms with van der Waals surface area (Å²) in [5.74, 6) is 0.139. The summed E-state index contributed by atoms with van der Waals surface area (Å²) in [7, 11) is 0. The summed E-state index contributed by atoms with van der Waals surface area (Å²) in [6, 6.07) is 70.8. The molecule has 59 heavy (non-hydrogen) atoms. The van der Waals surface area contributed by atoms with E-state index in [1.54, 1.807) is 0 Å². The predicted octanol–water partition coefficient (Wildman–Crippen LogP) is 11.3. The fourth-order valence-electron chi connectivity index (χ4n) is 11.9. The highest BCUT2D eigenvalue weighted by atomic mass is 15.0. The fraction of sp³-hybridized carbons (Fsp3) is 0.0182. The van der Waals surface area contributed by atoms with Gasteiger partial charge in [0.15, 0.2) is 0 Å².